The summed E-state index contributed by atoms with van der Waals surface area (Å²) in [5.74, 6) is 0. The van der Waals surface area contributed by atoms with Crippen LogP contribution in [0.25, 0.3) is 0 Å². The van der Waals surface area contributed by atoms with Crippen LogP contribution in [0.2, 0.25) is 0 Å². The second-order valence-corrected chi connectivity index (χ2v) is 3.09. The maximum absolute atomic E-state index is 5.29. The van der Waals surface area contributed by atoms with E-state index in [0.29, 0.717) is 12.2 Å². The number of ether oxygens (including phenoxy) is 2. The second kappa shape index (κ2) is 4.31. The lowest BCUT2D eigenvalue weighted by Gasteiger charge is -1.96. The van der Waals surface area contributed by atoms with E-state index in [9.17, 15) is 0 Å². The number of hydrogen-bond donors (Lipinski definition) is 0. The zero-order valence-corrected chi connectivity index (χ0v) is 7.76. The van der Waals surface area contributed by atoms with E-state index in [1.54, 1.807) is 0 Å². The molecule has 3 heteroatoms. The lowest BCUT2D eigenvalue weighted by molar-refractivity contribution is 0.117. The molecule has 2 atom stereocenters. The van der Waals surface area contributed by atoms with Crippen LogP contribution in [0.4, 0.5) is 0 Å². The van der Waals surface area contributed by atoms with Gasteiger partial charge in [0.1, 0.15) is 6.10 Å². The molecule has 1 saturated heterocycles. The second-order valence-electron chi connectivity index (χ2n) is 2.44. The Hall–Kier alpha value is 0.400. The molecule has 1 aliphatic rings. The molecule has 1 fully saturated rings. The van der Waals surface area contributed by atoms with Crippen molar-refractivity contribution in [2.45, 2.75) is 25.6 Å². The highest BCUT2D eigenvalue weighted by Crippen LogP contribution is 2.23. The van der Waals surface area contributed by atoms with Gasteiger partial charge in [0.2, 0.25) is 0 Å². The lowest BCUT2D eigenvalue weighted by atomic mass is 10.4. The molecule has 0 aliphatic carbocycles. The predicted octanol–water partition coefficient (Wildman–Crippen LogP) is 1.58. The van der Waals surface area contributed by atoms with Crippen molar-refractivity contribution < 1.29 is 9.47 Å². The van der Waals surface area contributed by atoms with Crippen LogP contribution >= 0.6 is 15.9 Å². The quantitative estimate of drug-likeness (QED) is 0.389. The van der Waals surface area contributed by atoms with Gasteiger partial charge >= 0.3 is 0 Å². The van der Waals surface area contributed by atoms with Gasteiger partial charge in [0.05, 0.1) is 12.7 Å². The van der Waals surface area contributed by atoms with Crippen molar-refractivity contribution in [1.29, 1.82) is 0 Å². The number of halogens is 1. The first-order valence-corrected chi connectivity index (χ1v) is 4.79. The number of hydrogen-bond acceptors (Lipinski definition) is 2. The molecule has 1 rings (SSSR count). The molecule has 0 spiro atoms. The molecule has 1 aliphatic heterocycles. The van der Waals surface area contributed by atoms with Gasteiger partial charge in [-0.3, -0.25) is 0 Å². The maximum atomic E-state index is 5.29. The zero-order chi connectivity index (χ0) is 7.40. The van der Waals surface area contributed by atoms with Gasteiger partial charge in [0.25, 0.3) is 0 Å². The van der Waals surface area contributed by atoms with Crippen LogP contribution in [0.1, 0.15) is 13.3 Å². The summed E-state index contributed by atoms with van der Waals surface area (Å²) in [5.41, 5.74) is 0. The Morgan fingerprint density at radius 1 is 1.50 bits per heavy atom. The summed E-state index contributed by atoms with van der Waals surface area (Å²) in [4.78, 5) is 0. The highest BCUT2D eigenvalue weighted by molar-refractivity contribution is 9.09. The smallest absolute Gasteiger partial charge is 0.108 e. The molecular formula is C7H13BrO2. The van der Waals surface area contributed by atoms with Crippen LogP contribution < -0.4 is 0 Å². The van der Waals surface area contributed by atoms with Crippen LogP contribution in [-0.2, 0) is 9.47 Å². The Kier molecular flexibility index (Phi) is 3.66. The topological polar surface area (TPSA) is 21.8 Å². The zero-order valence-electron chi connectivity index (χ0n) is 6.18. The number of alkyl halides is 1. The van der Waals surface area contributed by atoms with Crippen molar-refractivity contribution in [3.8, 4) is 0 Å². The summed E-state index contributed by atoms with van der Waals surface area (Å²) in [6.07, 6.45) is 1.87. The molecule has 0 radical (unpaired) electrons. The summed E-state index contributed by atoms with van der Waals surface area (Å²) in [5, 5.41) is 0.938. The highest BCUT2D eigenvalue weighted by atomic mass is 79.9. The third kappa shape index (κ3) is 2.56. The largest absolute Gasteiger partial charge is 0.379 e. The minimum Gasteiger partial charge on any atom is -0.379 e. The van der Waals surface area contributed by atoms with E-state index < -0.39 is 0 Å². The van der Waals surface area contributed by atoms with Crippen molar-refractivity contribution in [3.63, 3.8) is 0 Å². The molecule has 0 aromatic heterocycles. The van der Waals surface area contributed by atoms with E-state index >= 15 is 0 Å². The monoisotopic (exact) mass is 208 g/mol. The van der Waals surface area contributed by atoms with Gasteiger partial charge < -0.3 is 9.47 Å². The van der Waals surface area contributed by atoms with E-state index in [4.69, 9.17) is 9.47 Å². The normalized spacial score (nSPS) is 30.6. The van der Waals surface area contributed by atoms with Crippen molar-refractivity contribution in [1.82, 2.24) is 0 Å². The summed E-state index contributed by atoms with van der Waals surface area (Å²) < 4.78 is 10.5. The molecule has 0 amide bonds. The number of epoxide rings is 1. The molecule has 2 unspecified atom stereocenters. The standard InChI is InChI=1S/C7H13BrO2/c1-2-3-9-5-7-6(4-8)10-7/h6-7H,2-5H2,1H3. The third-order valence-electron chi connectivity index (χ3n) is 1.47. The molecule has 1 heterocycles. The molecule has 0 bridgehead atoms. The van der Waals surface area contributed by atoms with Crippen LogP contribution in [0.3, 0.4) is 0 Å². The summed E-state index contributed by atoms with van der Waals surface area (Å²) in [6.45, 7) is 3.73. The van der Waals surface area contributed by atoms with E-state index in [1.165, 1.54) is 0 Å². The molecule has 0 N–H and O–H groups in total. The van der Waals surface area contributed by atoms with Gasteiger partial charge in [-0.1, -0.05) is 22.9 Å². The molecule has 10 heavy (non-hydrogen) atoms. The van der Waals surface area contributed by atoms with E-state index in [1.807, 2.05) is 0 Å². The fraction of sp³-hybridized carbons (Fsp3) is 1.00. The molecule has 60 valence electrons. The van der Waals surface area contributed by atoms with Crippen molar-refractivity contribution in [2.24, 2.45) is 0 Å². The van der Waals surface area contributed by atoms with Crippen molar-refractivity contribution >= 4 is 15.9 Å². The maximum Gasteiger partial charge on any atom is 0.108 e. The summed E-state index contributed by atoms with van der Waals surface area (Å²) >= 11 is 3.35. The fourth-order valence-corrected chi connectivity index (χ4v) is 1.37. The Labute approximate surface area is 70.0 Å². The first-order chi connectivity index (χ1) is 4.88. The van der Waals surface area contributed by atoms with Crippen LogP contribution in [0.5, 0.6) is 0 Å². The van der Waals surface area contributed by atoms with Crippen LogP contribution in [0, 0.1) is 0 Å². The predicted molar refractivity (Wildman–Crippen MR) is 43.6 cm³/mol. The van der Waals surface area contributed by atoms with Crippen molar-refractivity contribution in [2.75, 3.05) is 18.5 Å². The summed E-state index contributed by atoms with van der Waals surface area (Å²) in [6, 6.07) is 0. The van der Waals surface area contributed by atoms with Gasteiger partial charge in [-0.05, 0) is 6.42 Å². The first-order valence-electron chi connectivity index (χ1n) is 3.67. The Bertz CT molecular complexity index is 97.6. The minimum absolute atomic E-state index is 0.367. The summed E-state index contributed by atoms with van der Waals surface area (Å²) in [7, 11) is 0. The molecule has 0 aromatic rings. The highest BCUT2D eigenvalue weighted by Gasteiger charge is 2.37. The van der Waals surface area contributed by atoms with Crippen LogP contribution in [-0.4, -0.2) is 30.8 Å². The average molecular weight is 209 g/mol. The van der Waals surface area contributed by atoms with Gasteiger partial charge in [-0.15, -0.1) is 0 Å². The first kappa shape index (κ1) is 8.50. The Morgan fingerprint density at radius 2 is 2.30 bits per heavy atom. The molecule has 2 nitrogen and oxygen atoms in total. The molecule has 0 saturated carbocycles. The van der Waals surface area contributed by atoms with Gasteiger partial charge in [0, 0.05) is 11.9 Å². The van der Waals surface area contributed by atoms with E-state index in [2.05, 4.69) is 22.9 Å². The van der Waals surface area contributed by atoms with Gasteiger partial charge in [-0.25, -0.2) is 0 Å². The van der Waals surface area contributed by atoms with E-state index in [0.717, 1.165) is 25.0 Å². The van der Waals surface area contributed by atoms with Gasteiger partial charge in [-0.2, -0.15) is 0 Å². The van der Waals surface area contributed by atoms with Gasteiger partial charge in [0.15, 0.2) is 0 Å². The molecular weight excluding hydrogens is 196 g/mol. The molecule has 0 aromatic carbocycles. The SMILES string of the molecule is CCCOCC1OC1CBr. The van der Waals surface area contributed by atoms with E-state index in [-0.39, 0.29) is 0 Å². The Morgan fingerprint density at radius 3 is 2.80 bits per heavy atom. The third-order valence-corrected chi connectivity index (χ3v) is 2.11. The number of rotatable bonds is 5. The fourth-order valence-electron chi connectivity index (χ4n) is 0.805. The minimum atomic E-state index is 0.367. The van der Waals surface area contributed by atoms with Crippen LogP contribution in [0.15, 0.2) is 0 Å². The van der Waals surface area contributed by atoms with Crippen molar-refractivity contribution in [3.05, 3.63) is 0 Å². The lowest BCUT2D eigenvalue weighted by Crippen LogP contribution is -2.05. The Balaban J connectivity index is 1.87. The average Bonchev–Trinajstić information content (AvgIpc) is 2.68.